The summed E-state index contributed by atoms with van der Waals surface area (Å²) < 4.78 is 0. The van der Waals surface area contributed by atoms with Crippen LogP contribution in [0, 0.1) is 13.8 Å². The summed E-state index contributed by atoms with van der Waals surface area (Å²) in [5.41, 5.74) is 5.52. The first kappa shape index (κ1) is 19.4. The number of rotatable bonds is 4. The van der Waals surface area contributed by atoms with E-state index in [1.165, 1.54) is 16.0 Å². The number of nitrogens with zero attached hydrogens (tertiary/aromatic N) is 3. The number of imide groups is 1. The second kappa shape index (κ2) is 7.84. The maximum absolute atomic E-state index is 12.9. The fourth-order valence-electron chi connectivity index (χ4n) is 4.05. The Morgan fingerprint density at radius 2 is 1.52 bits per heavy atom. The SMILES string of the molecule is Cc1ccc(C2=C(N3CCN(Cc4ccccc4)CC3)C(=O)N(C)C2=O)cc1C. The number of likely N-dealkylation sites (N-methyl/N-ethyl adjacent to an activating group) is 1. The molecule has 0 bridgehead atoms. The van der Waals surface area contributed by atoms with Gasteiger partial charge in [-0.05, 0) is 36.1 Å². The lowest BCUT2D eigenvalue weighted by Crippen LogP contribution is -2.46. The highest BCUT2D eigenvalue weighted by atomic mass is 16.2. The van der Waals surface area contributed by atoms with Gasteiger partial charge in [0.05, 0.1) is 5.57 Å². The van der Waals surface area contributed by atoms with Crippen molar-refractivity contribution in [2.45, 2.75) is 20.4 Å². The smallest absolute Gasteiger partial charge is 0.277 e. The number of hydrogen-bond acceptors (Lipinski definition) is 4. The molecule has 1 saturated heterocycles. The summed E-state index contributed by atoms with van der Waals surface area (Å²) in [6.07, 6.45) is 0. The lowest BCUT2D eigenvalue weighted by atomic mass is 9.99. The normalized spacial score (nSPS) is 18.2. The first-order chi connectivity index (χ1) is 14.0. The van der Waals surface area contributed by atoms with E-state index in [4.69, 9.17) is 0 Å². The third-order valence-electron chi connectivity index (χ3n) is 6.00. The second-order valence-corrected chi connectivity index (χ2v) is 7.94. The van der Waals surface area contributed by atoms with Crippen LogP contribution >= 0.6 is 0 Å². The molecular weight excluding hydrogens is 362 g/mol. The third kappa shape index (κ3) is 3.70. The summed E-state index contributed by atoms with van der Waals surface area (Å²) in [7, 11) is 1.57. The van der Waals surface area contributed by atoms with E-state index < -0.39 is 0 Å². The van der Waals surface area contributed by atoms with Crippen molar-refractivity contribution in [2.24, 2.45) is 0 Å². The number of aryl methyl sites for hydroxylation is 2. The molecule has 4 rings (SSSR count). The topological polar surface area (TPSA) is 43.9 Å². The molecule has 0 N–H and O–H groups in total. The highest BCUT2D eigenvalue weighted by molar-refractivity contribution is 6.35. The van der Waals surface area contributed by atoms with Gasteiger partial charge in [-0.1, -0.05) is 48.5 Å². The van der Waals surface area contributed by atoms with Crippen LogP contribution in [0.2, 0.25) is 0 Å². The van der Waals surface area contributed by atoms with Gasteiger partial charge in [-0.15, -0.1) is 0 Å². The van der Waals surface area contributed by atoms with Gasteiger partial charge in [0, 0.05) is 39.8 Å². The standard InChI is InChI=1S/C24H27N3O2/c1-17-9-10-20(15-18(17)2)21-22(24(29)25(3)23(21)28)27-13-11-26(12-14-27)16-19-7-5-4-6-8-19/h4-10,15H,11-14,16H2,1-3H3. The van der Waals surface area contributed by atoms with Crippen LogP contribution in [0.25, 0.3) is 5.57 Å². The minimum absolute atomic E-state index is 0.195. The maximum Gasteiger partial charge on any atom is 0.277 e. The number of carbonyl (C=O) groups is 2. The number of benzene rings is 2. The molecule has 0 unspecified atom stereocenters. The predicted octanol–water partition coefficient (Wildman–Crippen LogP) is 2.83. The van der Waals surface area contributed by atoms with E-state index in [9.17, 15) is 9.59 Å². The van der Waals surface area contributed by atoms with Crippen molar-refractivity contribution in [3.05, 3.63) is 76.5 Å². The van der Waals surface area contributed by atoms with E-state index in [2.05, 4.69) is 34.1 Å². The van der Waals surface area contributed by atoms with Crippen molar-refractivity contribution in [2.75, 3.05) is 33.2 Å². The van der Waals surface area contributed by atoms with Gasteiger partial charge in [0.15, 0.2) is 0 Å². The Morgan fingerprint density at radius 3 is 2.17 bits per heavy atom. The molecule has 5 heteroatoms. The molecule has 0 radical (unpaired) electrons. The van der Waals surface area contributed by atoms with Gasteiger partial charge in [-0.25, -0.2) is 0 Å². The fraction of sp³-hybridized carbons (Fsp3) is 0.333. The van der Waals surface area contributed by atoms with Crippen LogP contribution in [0.5, 0.6) is 0 Å². The lowest BCUT2D eigenvalue weighted by molar-refractivity contribution is -0.136. The lowest BCUT2D eigenvalue weighted by Gasteiger charge is -2.36. The Kier molecular flexibility index (Phi) is 5.24. The predicted molar refractivity (Wildman–Crippen MR) is 114 cm³/mol. The zero-order chi connectivity index (χ0) is 20.5. The van der Waals surface area contributed by atoms with Gasteiger partial charge >= 0.3 is 0 Å². The molecule has 0 aliphatic carbocycles. The first-order valence-corrected chi connectivity index (χ1v) is 10.1. The molecule has 5 nitrogen and oxygen atoms in total. The van der Waals surface area contributed by atoms with Crippen LogP contribution in [0.15, 0.2) is 54.2 Å². The van der Waals surface area contributed by atoms with Crippen molar-refractivity contribution < 1.29 is 9.59 Å². The van der Waals surface area contributed by atoms with Crippen LogP contribution < -0.4 is 0 Å². The molecule has 0 aromatic heterocycles. The average Bonchev–Trinajstić information content (AvgIpc) is 2.95. The zero-order valence-corrected chi connectivity index (χ0v) is 17.3. The molecule has 2 aliphatic rings. The quantitative estimate of drug-likeness (QED) is 0.755. The number of carbonyl (C=O) groups excluding carboxylic acids is 2. The molecule has 2 aliphatic heterocycles. The Balaban J connectivity index is 1.58. The second-order valence-electron chi connectivity index (χ2n) is 7.94. The van der Waals surface area contributed by atoms with Crippen LogP contribution in [0.4, 0.5) is 0 Å². The number of piperazine rings is 1. The van der Waals surface area contributed by atoms with Crippen molar-refractivity contribution in [1.29, 1.82) is 0 Å². The third-order valence-corrected chi connectivity index (χ3v) is 6.00. The monoisotopic (exact) mass is 389 g/mol. The van der Waals surface area contributed by atoms with E-state index >= 15 is 0 Å². The molecule has 29 heavy (non-hydrogen) atoms. The molecule has 2 aromatic carbocycles. The molecule has 2 aromatic rings. The molecule has 2 heterocycles. The average molecular weight is 389 g/mol. The summed E-state index contributed by atoms with van der Waals surface area (Å²) in [6.45, 7) is 8.20. The fourth-order valence-corrected chi connectivity index (χ4v) is 4.05. The maximum atomic E-state index is 12.9. The Labute approximate surface area is 172 Å². The van der Waals surface area contributed by atoms with Crippen LogP contribution in [0.1, 0.15) is 22.3 Å². The van der Waals surface area contributed by atoms with Gasteiger partial charge in [-0.2, -0.15) is 0 Å². The Bertz CT molecular complexity index is 973. The van der Waals surface area contributed by atoms with Crippen LogP contribution in [-0.4, -0.2) is 59.7 Å². The highest BCUT2D eigenvalue weighted by Gasteiger charge is 2.40. The summed E-state index contributed by atoms with van der Waals surface area (Å²) in [6, 6.07) is 16.4. The number of hydrogen-bond donors (Lipinski definition) is 0. The molecule has 0 saturated carbocycles. The molecule has 1 fully saturated rings. The largest absolute Gasteiger partial charge is 0.364 e. The molecule has 0 spiro atoms. The van der Waals surface area contributed by atoms with Crippen molar-refractivity contribution in [3.8, 4) is 0 Å². The van der Waals surface area contributed by atoms with E-state index in [1.54, 1.807) is 7.05 Å². The van der Waals surface area contributed by atoms with Gasteiger partial charge in [0.2, 0.25) is 0 Å². The summed E-state index contributed by atoms with van der Waals surface area (Å²) in [5, 5.41) is 0. The van der Waals surface area contributed by atoms with E-state index in [0.717, 1.165) is 43.9 Å². The van der Waals surface area contributed by atoms with Crippen LogP contribution in [-0.2, 0) is 16.1 Å². The van der Waals surface area contributed by atoms with Gasteiger partial charge in [0.25, 0.3) is 11.8 Å². The van der Waals surface area contributed by atoms with E-state index in [1.807, 2.05) is 38.1 Å². The summed E-state index contributed by atoms with van der Waals surface area (Å²) in [5.74, 6) is -0.403. The Hall–Kier alpha value is -2.92. The minimum Gasteiger partial charge on any atom is -0.364 e. The van der Waals surface area contributed by atoms with Crippen molar-refractivity contribution in [3.63, 3.8) is 0 Å². The molecular formula is C24H27N3O2. The summed E-state index contributed by atoms with van der Waals surface area (Å²) in [4.78, 5) is 31.5. The van der Waals surface area contributed by atoms with Crippen molar-refractivity contribution >= 4 is 17.4 Å². The van der Waals surface area contributed by atoms with Gasteiger partial charge in [0.1, 0.15) is 5.70 Å². The van der Waals surface area contributed by atoms with E-state index in [0.29, 0.717) is 11.3 Å². The van der Waals surface area contributed by atoms with Gasteiger partial charge < -0.3 is 4.90 Å². The minimum atomic E-state index is -0.208. The number of amides is 2. The van der Waals surface area contributed by atoms with Crippen LogP contribution in [0.3, 0.4) is 0 Å². The zero-order valence-electron chi connectivity index (χ0n) is 17.3. The molecule has 2 amide bonds. The molecule has 0 atom stereocenters. The highest BCUT2D eigenvalue weighted by Crippen LogP contribution is 2.32. The Morgan fingerprint density at radius 1 is 0.828 bits per heavy atom. The molecule has 150 valence electrons. The first-order valence-electron chi connectivity index (χ1n) is 10.1. The van der Waals surface area contributed by atoms with Crippen molar-refractivity contribution in [1.82, 2.24) is 14.7 Å². The summed E-state index contributed by atoms with van der Waals surface area (Å²) >= 11 is 0. The van der Waals surface area contributed by atoms with Gasteiger partial charge in [-0.3, -0.25) is 19.4 Å². The van der Waals surface area contributed by atoms with E-state index in [-0.39, 0.29) is 11.8 Å².